The maximum absolute atomic E-state index is 8.26. The third-order valence-electron chi connectivity index (χ3n) is 0. The minimum atomic E-state index is 0. The monoisotopic (exact) mass is 206 g/mol. The molecule has 0 aliphatic carbocycles. The number of hydrogen-bond donors (Lipinski definition) is 0. The second-order valence-corrected chi connectivity index (χ2v) is 0. The van der Waals surface area contributed by atoms with Crippen molar-refractivity contribution in [2.45, 2.75) is 0 Å². The van der Waals surface area contributed by atoms with Crippen LogP contribution in [0.2, 0.25) is 0 Å². The van der Waals surface area contributed by atoms with E-state index in [4.69, 9.17) is 3.10 Å². The van der Waals surface area contributed by atoms with Gasteiger partial charge < -0.3 is 12.4 Å². The molecule has 0 aliphatic heterocycles. The Hall–Kier alpha value is 1.51. The Morgan fingerprint density at radius 3 is 1.20 bits per heavy atom. The van der Waals surface area contributed by atoms with Gasteiger partial charge in [-0.2, -0.15) is 0 Å². The molecule has 0 aromatic heterocycles. The molecule has 0 saturated heterocycles. The summed E-state index contributed by atoms with van der Waals surface area (Å²) in [4.78, 5) is 0. The molecule has 0 aromatic rings. The maximum Gasteiger partial charge on any atom is 1.00 e. The van der Waals surface area contributed by atoms with E-state index in [1.54, 1.807) is 0 Å². The van der Waals surface area contributed by atoms with Gasteiger partial charge in [0.1, 0.15) is 0 Å². The first-order chi connectivity index (χ1) is 1.00. The zero-order valence-electron chi connectivity index (χ0n) is 3.82. The van der Waals surface area contributed by atoms with Crippen LogP contribution in [0, 0.1) is 0 Å². The summed E-state index contributed by atoms with van der Waals surface area (Å²) in [5.41, 5.74) is 0. The Morgan fingerprint density at radius 1 is 1.20 bits per heavy atom. The van der Waals surface area contributed by atoms with Crippen LogP contribution < -0.4 is 29.6 Å². The smallest absolute Gasteiger partial charge is 1.00 e. The molecule has 4 N–H and O–H groups in total. The molecular weight excluding hydrogens is 199 g/mol. The summed E-state index contributed by atoms with van der Waals surface area (Å²) in [5, 5.41) is 0. The largest absolute Gasteiger partial charge is 1.00 e. The minimum Gasteiger partial charge on any atom is -1.00 e. The van der Waals surface area contributed by atoms with Gasteiger partial charge in [0.25, 0.3) is 0 Å². The van der Waals surface area contributed by atoms with Crippen molar-refractivity contribution in [2.24, 2.45) is 0 Å². The quantitative estimate of drug-likeness (QED) is 0.363. The molecule has 30 valence electrons. The van der Waals surface area contributed by atoms with E-state index in [2.05, 4.69) is 0 Å². The van der Waals surface area contributed by atoms with Gasteiger partial charge in [-0.1, -0.05) is 0 Å². The van der Waals surface area contributed by atoms with E-state index in [0.717, 1.165) is 0 Å². The minimum absolute atomic E-state index is 0. The summed E-state index contributed by atoms with van der Waals surface area (Å²) in [6.07, 6.45) is 0. The molecule has 0 radical (unpaired) electrons. The van der Waals surface area contributed by atoms with E-state index in [1.165, 1.54) is 0 Å². The fraction of sp³-hybridized carbons (Fsp3) is 0. The van der Waals surface area contributed by atoms with Gasteiger partial charge in [0.15, 0.2) is 0 Å². The van der Waals surface area contributed by atoms with Crippen LogP contribution >= 0.6 is 0 Å². The molecule has 0 spiro atoms. The van der Waals surface area contributed by atoms with Gasteiger partial charge >= 0.3 is 54.9 Å². The van der Waals surface area contributed by atoms with Crippen molar-refractivity contribution in [3.05, 3.63) is 0 Å². The van der Waals surface area contributed by atoms with E-state index in [0.29, 0.717) is 22.3 Å². The van der Waals surface area contributed by atoms with Crippen LogP contribution in [-0.4, -0.2) is 33.2 Å². The second-order valence-electron chi connectivity index (χ2n) is 0. The summed E-state index contributed by atoms with van der Waals surface area (Å²) in [6.45, 7) is 0. The standard InChI is InChI=1S/Na.OTe.2H2O.H/c;1-2;;;/h;;2*1H2;/q+1;;;;-1. The number of hydrogen-bond acceptors (Lipinski definition) is 1. The van der Waals surface area contributed by atoms with Crippen LogP contribution in [0.4, 0.5) is 0 Å². The third-order valence-corrected chi connectivity index (χ3v) is 0. The van der Waals surface area contributed by atoms with Crippen molar-refractivity contribution >= 4 is 22.3 Å². The molecule has 5 heteroatoms. The van der Waals surface area contributed by atoms with Crippen LogP contribution in [0.25, 0.3) is 0 Å². The predicted molar refractivity (Wildman–Crippen MR) is 14.8 cm³/mol. The summed E-state index contributed by atoms with van der Waals surface area (Å²) in [6, 6.07) is 0. The van der Waals surface area contributed by atoms with Crippen molar-refractivity contribution in [1.82, 2.24) is 0 Å². The number of rotatable bonds is 0. The van der Waals surface area contributed by atoms with Crippen LogP contribution in [0.1, 0.15) is 1.43 Å². The van der Waals surface area contributed by atoms with Crippen molar-refractivity contribution in [1.29, 1.82) is 0 Å². The molecular formula is H5NaO3Te. The van der Waals surface area contributed by atoms with Crippen molar-refractivity contribution in [3.63, 3.8) is 0 Å². The first kappa shape index (κ1) is 31.4. The molecule has 0 aromatic carbocycles. The zero-order valence-corrected chi connectivity index (χ0v) is 7.15. The molecule has 0 fully saturated rings. The Labute approximate surface area is 66.8 Å². The molecule has 0 aliphatic rings. The van der Waals surface area contributed by atoms with E-state index in [1.807, 2.05) is 0 Å². The van der Waals surface area contributed by atoms with Gasteiger partial charge in [0, 0.05) is 0 Å². The van der Waals surface area contributed by atoms with E-state index < -0.39 is 0 Å². The fourth-order valence-corrected chi connectivity index (χ4v) is 0. The van der Waals surface area contributed by atoms with Gasteiger partial charge in [0.2, 0.25) is 0 Å². The van der Waals surface area contributed by atoms with Crippen LogP contribution in [0.3, 0.4) is 0 Å². The normalized spacial score (nSPS) is 0.800. The summed E-state index contributed by atoms with van der Waals surface area (Å²) < 4.78 is 8.26. The van der Waals surface area contributed by atoms with Gasteiger partial charge in [-0.3, -0.25) is 0 Å². The Balaban J connectivity index is -0.000000000833. The Kier molecular flexibility index (Phi) is 309. The molecule has 0 unspecified atom stereocenters. The molecule has 0 saturated carbocycles. The molecule has 0 heterocycles. The molecule has 0 rings (SSSR count). The first-order valence-corrected chi connectivity index (χ1v) is 1.12. The van der Waals surface area contributed by atoms with Gasteiger partial charge in [-0.15, -0.1) is 0 Å². The predicted octanol–water partition coefficient (Wildman–Crippen LogP) is -5.03. The molecule has 5 heavy (non-hydrogen) atoms. The van der Waals surface area contributed by atoms with Crippen LogP contribution in [0.5, 0.6) is 0 Å². The first-order valence-electron chi connectivity index (χ1n) is 0.167. The Bertz CT molecular complexity index is 10.8. The van der Waals surface area contributed by atoms with Gasteiger partial charge in [-0.05, 0) is 0 Å². The second kappa shape index (κ2) is 49.2. The Morgan fingerprint density at radius 2 is 1.20 bits per heavy atom. The summed E-state index contributed by atoms with van der Waals surface area (Å²) in [5.74, 6) is 0. The topological polar surface area (TPSA) is 80.1 Å². The SMILES string of the molecule is O.O.O=[Te].[H-].[Na+]. The molecule has 0 bridgehead atoms. The van der Waals surface area contributed by atoms with Gasteiger partial charge in [0.05, 0.1) is 0 Å². The summed E-state index contributed by atoms with van der Waals surface area (Å²) >= 11 is 0.700. The van der Waals surface area contributed by atoms with Crippen LogP contribution in [-0.2, 0) is 3.10 Å². The average Bonchev–Trinajstić information content (AvgIpc) is 1.00. The molecule has 3 nitrogen and oxygen atoms in total. The van der Waals surface area contributed by atoms with Crippen molar-refractivity contribution < 1.29 is 45.0 Å². The average molecular weight is 204 g/mol. The molecule has 0 amide bonds. The maximum atomic E-state index is 8.26. The van der Waals surface area contributed by atoms with Crippen molar-refractivity contribution in [3.8, 4) is 0 Å². The molecule has 0 atom stereocenters. The van der Waals surface area contributed by atoms with Gasteiger partial charge in [-0.25, -0.2) is 0 Å². The fourth-order valence-electron chi connectivity index (χ4n) is 0. The zero-order chi connectivity index (χ0) is 2.00. The van der Waals surface area contributed by atoms with E-state index >= 15 is 0 Å². The van der Waals surface area contributed by atoms with E-state index in [9.17, 15) is 0 Å². The third kappa shape index (κ3) is 29.8. The van der Waals surface area contributed by atoms with Crippen molar-refractivity contribution in [2.75, 3.05) is 0 Å². The summed E-state index contributed by atoms with van der Waals surface area (Å²) in [7, 11) is 0. The van der Waals surface area contributed by atoms with E-state index in [-0.39, 0.29) is 41.9 Å². The van der Waals surface area contributed by atoms with Crippen LogP contribution in [0.15, 0.2) is 0 Å².